The Hall–Kier alpha value is -2.37. The van der Waals surface area contributed by atoms with Crippen molar-refractivity contribution in [1.29, 1.82) is 0 Å². The molecule has 1 unspecified atom stereocenters. The van der Waals surface area contributed by atoms with Gasteiger partial charge in [0.05, 0.1) is 18.8 Å². The second-order valence-electron chi connectivity index (χ2n) is 7.03. The summed E-state index contributed by atoms with van der Waals surface area (Å²) < 4.78 is 7.12. The first kappa shape index (κ1) is 16.1. The fourth-order valence-corrected chi connectivity index (χ4v) is 3.42. The van der Waals surface area contributed by atoms with Gasteiger partial charge >= 0.3 is 0 Å². The molecule has 1 atom stereocenters. The average Bonchev–Trinajstić information content (AvgIpc) is 3.18. The molecule has 6 heteroatoms. The first-order chi connectivity index (χ1) is 12.2. The molecule has 2 aliphatic rings. The van der Waals surface area contributed by atoms with Gasteiger partial charge in [-0.05, 0) is 43.4 Å². The van der Waals surface area contributed by atoms with Gasteiger partial charge in [0.2, 0.25) is 5.91 Å². The highest BCUT2D eigenvalue weighted by Gasteiger charge is 2.30. The van der Waals surface area contributed by atoms with Crippen LogP contribution in [0.2, 0.25) is 0 Å². The van der Waals surface area contributed by atoms with Crippen LogP contribution in [0.5, 0.6) is 5.75 Å². The maximum absolute atomic E-state index is 12.5. The van der Waals surface area contributed by atoms with Crippen LogP contribution in [0.4, 0.5) is 0 Å². The molecule has 1 saturated carbocycles. The van der Waals surface area contributed by atoms with E-state index in [0.29, 0.717) is 12.3 Å². The van der Waals surface area contributed by atoms with Gasteiger partial charge < -0.3 is 9.64 Å². The summed E-state index contributed by atoms with van der Waals surface area (Å²) in [6.07, 6.45) is 6.82. The number of ether oxygens (including phenoxy) is 1. The van der Waals surface area contributed by atoms with Crippen LogP contribution in [0.1, 0.15) is 48.9 Å². The Morgan fingerprint density at radius 1 is 1.24 bits per heavy atom. The van der Waals surface area contributed by atoms with Crippen molar-refractivity contribution in [3.05, 3.63) is 41.7 Å². The third-order valence-electron chi connectivity index (χ3n) is 5.20. The molecule has 1 aliphatic carbocycles. The molecule has 0 bridgehead atoms. The predicted octanol–water partition coefficient (Wildman–Crippen LogP) is 2.57. The molecule has 6 nitrogen and oxygen atoms in total. The number of rotatable bonds is 6. The van der Waals surface area contributed by atoms with E-state index < -0.39 is 0 Å². The van der Waals surface area contributed by atoms with Crippen molar-refractivity contribution in [1.82, 2.24) is 19.9 Å². The van der Waals surface area contributed by atoms with Crippen LogP contribution >= 0.6 is 0 Å². The first-order valence-corrected chi connectivity index (χ1v) is 9.05. The molecule has 2 fully saturated rings. The molecule has 1 aromatic carbocycles. The van der Waals surface area contributed by atoms with Crippen molar-refractivity contribution in [2.75, 3.05) is 20.2 Å². The van der Waals surface area contributed by atoms with Crippen LogP contribution in [-0.4, -0.2) is 46.0 Å². The summed E-state index contributed by atoms with van der Waals surface area (Å²) in [5.41, 5.74) is 2.28. The zero-order valence-electron chi connectivity index (χ0n) is 14.6. The normalized spacial score (nSPS) is 20.0. The van der Waals surface area contributed by atoms with E-state index in [1.807, 2.05) is 33.8 Å². The van der Waals surface area contributed by atoms with Crippen LogP contribution in [0, 0.1) is 0 Å². The molecule has 0 N–H and O–H groups in total. The van der Waals surface area contributed by atoms with E-state index in [-0.39, 0.29) is 11.9 Å². The van der Waals surface area contributed by atoms with Crippen LogP contribution in [0.15, 0.2) is 30.5 Å². The molecule has 0 radical (unpaired) electrons. The molecule has 1 amide bonds. The number of aryl methyl sites for hydroxylation is 1. The van der Waals surface area contributed by atoms with Gasteiger partial charge in [-0.15, -0.1) is 5.10 Å². The van der Waals surface area contributed by atoms with Gasteiger partial charge in [-0.25, -0.2) is 4.68 Å². The zero-order chi connectivity index (χ0) is 17.2. The molecule has 132 valence electrons. The Morgan fingerprint density at radius 3 is 2.76 bits per heavy atom. The molecular formula is C19H24N4O2. The maximum atomic E-state index is 12.5. The van der Waals surface area contributed by atoms with Crippen molar-refractivity contribution >= 4 is 5.91 Å². The van der Waals surface area contributed by atoms with E-state index in [9.17, 15) is 4.79 Å². The number of carbonyl (C=O) groups excluding carboxylic acids is 1. The number of nitrogens with zero attached hydrogens (tertiary/aromatic N) is 4. The van der Waals surface area contributed by atoms with E-state index in [4.69, 9.17) is 4.74 Å². The molecule has 25 heavy (non-hydrogen) atoms. The van der Waals surface area contributed by atoms with Crippen LogP contribution < -0.4 is 4.74 Å². The van der Waals surface area contributed by atoms with E-state index in [1.165, 1.54) is 12.8 Å². The van der Waals surface area contributed by atoms with Gasteiger partial charge in [0.1, 0.15) is 5.75 Å². The molecule has 1 aromatic heterocycles. The second-order valence-corrected chi connectivity index (χ2v) is 7.03. The standard InChI is InChI=1S/C19H24N4O2/c1-25-17-7-2-14(3-8-17)4-9-19(24)22-11-10-16(12-22)23-13-18(20-21-23)15-5-6-15/h2-3,7-8,13,15-16H,4-6,9-12H2,1H3. The van der Waals surface area contributed by atoms with E-state index in [1.54, 1.807) is 7.11 Å². The van der Waals surface area contributed by atoms with Crippen molar-refractivity contribution in [3.63, 3.8) is 0 Å². The Morgan fingerprint density at radius 2 is 2.04 bits per heavy atom. The minimum Gasteiger partial charge on any atom is -0.497 e. The Balaban J connectivity index is 1.28. The number of carbonyl (C=O) groups is 1. The van der Waals surface area contributed by atoms with Crippen molar-refractivity contribution in [2.24, 2.45) is 0 Å². The lowest BCUT2D eigenvalue weighted by atomic mass is 10.1. The van der Waals surface area contributed by atoms with Crippen LogP contribution in [0.3, 0.4) is 0 Å². The smallest absolute Gasteiger partial charge is 0.222 e. The Bertz CT molecular complexity index is 736. The number of amides is 1. The summed E-state index contributed by atoms with van der Waals surface area (Å²) in [6, 6.07) is 8.19. The lowest BCUT2D eigenvalue weighted by Gasteiger charge is -2.16. The van der Waals surface area contributed by atoms with Gasteiger partial charge in [0.15, 0.2) is 0 Å². The summed E-state index contributed by atoms with van der Waals surface area (Å²) in [5, 5.41) is 8.56. The summed E-state index contributed by atoms with van der Waals surface area (Å²) in [7, 11) is 1.66. The number of likely N-dealkylation sites (tertiary alicyclic amines) is 1. The van der Waals surface area contributed by atoms with E-state index >= 15 is 0 Å². The molecule has 4 rings (SSSR count). The zero-order valence-corrected chi connectivity index (χ0v) is 14.6. The monoisotopic (exact) mass is 340 g/mol. The maximum Gasteiger partial charge on any atom is 0.222 e. The predicted molar refractivity (Wildman–Crippen MR) is 93.5 cm³/mol. The van der Waals surface area contributed by atoms with Crippen LogP contribution in [0.25, 0.3) is 0 Å². The quantitative estimate of drug-likeness (QED) is 0.811. The number of methoxy groups -OCH3 is 1. The van der Waals surface area contributed by atoms with Gasteiger partial charge in [-0.3, -0.25) is 4.79 Å². The summed E-state index contributed by atoms with van der Waals surface area (Å²) in [4.78, 5) is 14.5. The first-order valence-electron chi connectivity index (χ1n) is 9.05. The van der Waals surface area contributed by atoms with Crippen molar-refractivity contribution in [3.8, 4) is 5.75 Å². The fourth-order valence-electron chi connectivity index (χ4n) is 3.42. The molecule has 0 spiro atoms. The average molecular weight is 340 g/mol. The molecular weight excluding hydrogens is 316 g/mol. The minimum atomic E-state index is 0.223. The van der Waals surface area contributed by atoms with Gasteiger partial charge in [0.25, 0.3) is 0 Å². The largest absolute Gasteiger partial charge is 0.497 e. The Kier molecular flexibility index (Phi) is 4.42. The topological polar surface area (TPSA) is 60.2 Å². The van der Waals surface area contributed by atoms with Gasteiger partial charge in [-0.1, -0.05) is 17.3 Å². The minimum absolute atomic E-state index is 0.223. The van der Waals surface area contributed by atoms with E-state index in [0.717, 1.165) is 42.9 Å². The number of benzene rings is 1. The highest BCUT2D eigenvalue weighted by molar-refractivity contribution is 5.76. The third-order valence-corrected chi connectivity index (χ3v) is 5.20. The van der Waals surface area contributed by atoms with Crippen LogP contribution in [-0.2, 0) is 11.2 Å². The summed E-state index contributed by atoms with van der Waals surface area (Å²) in [5.74, 6) is 1.69. The number of aromatic nitrogens is 3. The second kappa shape index (κ2) is 6.86. The Labute approximate surface area is 147 Å². The molecule has 1 saturated heterocycles. The molecule has 2 heterocycles. The van der Waals surface area contributed by atoms with Crippen molar-refractivity contribution < 1.29 is 9.53 Å². The lowest BCUT2D eigenvalue weighted by molar-refractivity contribution is -0.130. The van der Waals surface area contributed by atoms with Gasteiger partial charge in [-0.2, -0.15) is 0 Å². The molecule has 2 aromatic rings. The third kappa shape index (κ3) is 3.67. The number of hydrogen-bond donors (Lipinski definition) is 0. The highest BCUT2D eigenvalue weighted by Crippen LogP contribution is 2.39. The highest BCUT2D eigenvalue weighted by atomic mass is 16.5. The SMILES string of the molecule is COc1ccc(CCC(=O)N2CCC(n3cc(C4CC4)nn3)C2)cc1. The fraction of sp³-hybridized carbons (Fsp3) is 0.526. The lowest BCUT2D eigenvalue weighted by Crippen LogP contribution is -2.29. The van der Waals surface area contributed by atoms with E-state index in [2.05, 4.69) is 16.5 Å². The summed E-state index contributed by atoms with van der Waals surface area (Å²) >= 11 is 0. The van der Waals surface area contributed by atoms with Crippen molar-refractivity contribution in [2.45, 2.75) is 44.1 Å². The molecule has 1 aliphatic heterocycles. The summed E-state index contributed by atoms with van der Waals surface area (Å²) in [6.45, 7) is 1.56. The van der Waals surface area contributed by atoms with Gasteiger partial charge in [0, 0.05) is 31.6 Å². The number of hydrogen-bond acceptors (Lipinski definition) is 4.